The molecular formula is C21H22N4O5. The summed E-state index contributed by atoms with van der Waals surface area (Å²) in [6.07, 6.45) is 0. The molecule has 9 heteroatoms. The highest BCUT2D eigenvalue weighted by Gasteiger charge is 2.22. The van der Waals surface area contributed by atoms with E-state index in [1.54, 1.807) is 32.0 Å². The molecule has 1 aliphatic rings. The fourth-order valence-corrected chi connectivity index (χ4v) is 3.29. The fraction of sp³-hybridized carbons (Fsp3) is 0.286. The summed E-state index contributed by atoms with van der Waals surface area (Å²) >= 11 is 0. The van der Waals surface area contributed by atoms with Gasteiger partial charge in [-0.05, 0) is 45.0 Å². The summed E-state index contributed by atoms with van der Waals surface area (Å²) in [5, 5.41) is 7.15. The van der Waals surface area contributed by atoms with E-state index in [1.165, 1.54) is 6.07 Å². The first-order chi connectivity index (χ1) is 14.3. The number of nitrogens with one attached hydrogen (secondary N) is 1. The van der Waals surface area contributed by atoms with Crippen molar-refractivity contribution in [1.82, 2.24) is 9.78 Å². The number of hydrogen-bond donors (Lipinski definition) is 2. The third kappa shape index (κ3) is 3.61. The van der Waals surface area contributed by atoms with Crippen LogP contribution < -0.4 is 26.1 Å². The number of fused-ring (bicyclic) bond motifs is 1. The van der Waals surface area contributed by atoms with Crippen molar-refractivity contribution in [2.45, 2.75) is 26.8 Å². The Balaban J connectivity index is 1.62. The van der Waals surface area contributed by atoms with Crippen LogP contribution >= 0.6 is 0 Å². The summed E-state index contributed by atoms with van der Waals surface area (Å²) in [6, 6.07) is 7.50. The number of rotatable bonds is 4. The molecule has 4 rings (SSSR count). The van der Waals surface area contributed by atoms with Gasteiger partial charge in [0.2, 0.25) is 5.91 Å². The van der Waals surface area contributed by atoms with Crippen LogP contribution in [-0.2, 0) is 4.79 Å². The first-order valence-electron chi connectivity index (χ1n) is 9.50. The maximum absolute atomic E-state index is 12.8. The van der Waals surface area contributed by atoms with E-state index in [0.717, 1.165) is 4.68 Å². The van der Waals surface area contributed by atoms with E-state index in [1.807, 2.05) is 13.0 Å². The molecule has 0 saturated heterocycles. The average molecular weight is 410 g/mol. The summed E-state index contributed by atoms with van der Waals surface area (Å²) in [5.41, 5.74) is 7.07. The van der Waals surface area contributed by atoms with Gasteiger partial charge in [0.1, 0.15) is 36.5 Å². The molecule has 0 bridgehead atoms. The van der Waals surface area contributed by atoms with Crippen LogP contribution in [0.4, 0.5) is 11.4 Å². The number of carbonyl (C=O) groups is 1. The minimum absolute atomic E-state index is 0.00256. The van der Waals surface area contributed by atoms with Gasteiger partial charge in [-0.1, -0.05) is 0 Å². The Morgan fingerprint density at radius 3 is 2.60 bits per heavy atom. The van der Waals surface area contributed by atoms with Gasteiger partial charge in [0.25, 0.3) is 5.56 Å². The molecule has 1 aliphatic heterocycles. The SMILES string of the molecule is Cc1cc(-c2cc(N)c(=O)n([C@@H](C)C(=O)Nc3ccc4c(c3)OCCO4)n2)c(C)o1. The molecule has 0 aliphatic carbocycles. The van der Waals surface area contributed by atoms with E-state index in [2.05, 4.69) is 10.4 Å². The van der Waals surface area contributed by atoms with Crippen LogP contribution in [0, 0.1) is 13.8 Å². The summed E-state index contributed by atoms with van der Waals surface area (Å²) in [6.45, 7) is 6.13. The van der Waals surface area contributed by atoms with Crippen molar-refractivity contribution in [1.29, 1.82) is 0 Å². The van der Waals surface area contributed by atoms with Gasteiger partial charge in [-0.15, -0.1) is 0 Å². The zero-order chi connectivity index (χ0) is 21.4. The Labute approximate surface area is 172 Å². The topological polar surface area (TPSA) is 122 Å². The standard InChI is InChI=1S/C21H22N4O5/c1-11-8-15(13(3)30-11)17-10-16(22)21(27)25(24-17)12(2)20(26)23-14-4-5-18-19(9-14)29-7-6-28-18/h4-5,8-10,12H,6-7,22H2,1-3H3,(H,23,26)/t12-/m0/s1. The molecule has 0 fully saturated rings. The second kappa shape index (κ2) is 7.58. The number of anilines is 2. The molecule has 9 nitrogen and oxygen atoms in total. The predicted octanol–water partition coefficient (Wildman–Crippen LogP) is 2.67. The van der Waals surface area contributed by atoms with Gasteiger partial charge in [-0.3, -0.25) is 9.59 Å². The molecule has 0 radical (unpaired) electrons. The highest BCUT2D eigenvalue weighted by molar-refractivity contribution is 5.93. The zero-order valence-corrected chi connectivity index (χ0v) is 16.9. The van der Waals surface area contributed by atoms with E-state index in [-0.39, 0.29) is 5.69 Å². The van der Waals surface area contributed by atoms with Gasteiger partial charge in [-0.2, -0.15) is 5.10 Å². The van der Waals surface area contributed by atoms with Crippen LogP contribution in [-0.4, -0.2) is 28.9 Å². The van der Waals surface area contributed by atoms with E-state index < -0.39 is 17.5 Å². The van der Waals surface area contributed by atoms with Gasteiger partial charge in [0.05, 0.1) is 5.69 Å². The van der Waals surface area contributed by atoms with Gasteiger partial charge < -0.3 is 24.9 Å². The van der Waals surface area contributed by atoms with E-state index >= 15 is 0 Å². The van der Waals surface area contributed by atoms with Crippen molar-refractivity contribution >= 4 is 17.3 Å². The minimum Gasteiger partial charge on any atom is -0.486 e. The van der Waals surface area contributed by atoms with E-state index in [4.69, 9.17) is 19.6 Å². The highest BCUT2D eigenvalue weighted by Crippen LogP contribution is 2.33. The van der Waals surface area contributed by atoms with Gasteiger partial charge in [0.15, 0.2) is 11.5 Å². The van der Waals surface area contributed by atoms with Gasteiger partial charge >= 0.3 is 0 Å². The van der Waals surface area contributed by atoms with Crippen molar-refractivity contribution in [2.24, 2.45) is 0 Å². The number of carbonyl (C=O) groups excluding carboxylic acids is 1. The lowest BCUT2D eigenvalue weighted by Crippen LogP contribution is -2.34. The van der Waals surface area contributed by atoms with Crippen LogP contribution in [0.25, 0.3) is 11.3 Å². The lowest BCUT2D eigenvalue weighted by Gasteiger charge is -2.20. The van der Waals surface area contributed by atoms with Crippen LogP contribution in [0.1, 0.15) is 24.5 Å². The average Bonchev–Trinajstić information content (AvgIpc) is 3.07. The van der Waals surface area contributed by atoms with Crippen molar-refractivity contribution < 1.29 is 18.7 Å². The van der Waals surface area contributed by atoms with Crippen LogP contribution in [0.5, 0.6) is 11.5 Å². The summed E-state index contributed by atoms with van der Waals surface area (Å²) in [4.78, 5) is 25.4. The number of aryl methyl sites for hydroxylation is 2. The van der Waals surface area contributed by atoms with Crippen molar-refractivity contribution in [3.8, 4) is 22.8 Å². The van der Waals surface area contributed by atoms with E-state index in [9.17, 15) is 9.59 Å². The molecule has 1 atom stereocenters. The third-order valence-corrected chi connectivity index (χ3v) is 4.84. The van der Waals surface area contributed by atoms with E-state index in [0.29, 0.717) is 53.2 Å². The Hall–Kier alpha value is -3.75. The molecule has 30 heavy (non-hydrogen) atoms. The van der Waals surface area contributed by atoms with Crippen molar-refractivity contribution in [3.63, 3.8) is 0 Å². The number of amides is 1. The zero-order valence-electron chi connectivity index (χ0n) is 16.9. The number of ether oxygens (including phenoxy) is 2. The maximum atomic E-state index is 12.8. The molecule has 3 heterocycles. The molecule has 0 saturated carbocycles. The summed E-state index contributed by atoms with van der Waals surface area (Å²) in [5.74, 6) is 2.12. The third-order valence-electron chi connectivity index (χ3n) is 4.84. The quantitative estimate of drug-likeness (QED) is 0.678. The molecule has 1 aromatic carbocycles. The molecule has 2 aromatic heterocycles. The van der Waals surface area contributed by atoms with Crippen molar-refractivity contribution in [3.05, 3.63) is 52.2 Å². The number of benzene rings is 1. The Morgan fingerprint density at radius 2 is 1.90 bits per heavy atom. The second-order valence-electron chi connectivity index (χ2n) is 7.09. The molecule has 3 N–H and O–H groups in total. The Kier molecular flexibility index (Phi) is 4.94. The van der Waals surface area contributed by atoms with Crippen LogP contribution in [0.3, 0.4) is 0 Å². The molecule has 3 aromatic rings. The molecule has 156 valence electrons. The Morgan fingerprint density at radius 1 is 1.17 bits per heavy atom. The lowest BCUT2D eigenvalue weighted by molar-refractivity contribution is -0.119. The number of hydrogen-bond acceptors (Lipinski definition) is 7. The number of aromatic nitrogens is 2. The molecule has 0 spiro atoms. The van der Waals surface area contributed by atoms with Crippen LogP contribution in [0.15, 0.2) is 39.5 Å². The van der Waals surface area contributed by atoms with Gasteiger partial charge in [0, 0.05) is 17.3 Å². The number of nitrogens with zero attached hydrogens (tertiary/aromatic N) is 2. The summed E-state index contributed by atoms with van der Waals surface area (Å²) < 4.78 is 17.6. The fourth-order valence-electron chi connectivity index (χ4n) is 3.29. The molecule has 1 amide bonds. The number of nitrogen functional groups attached to an aromatic ring is 1. The number of nitrogens with two attached hydrogens (primary N) is 1. The molecular weight excluding hydrogens is 388 g/mol. The molecule has 0 unspecified atom stereocenters. The number of furan rings is 1. The lowest BCUT2D eigenvalue weighted by atomic mass is 10.1. The predicted molar refractivity (Wildman–Crippen MR) is 111 cm³/mol. The monoisotopic (exact) mass is 410 g/mol. The highest BCUT2D eigenvalue weighted by atomic mass is 16.6. The van der Waals surface area contributed by atoms with Crippen molar-refractivity contribution in [2.75, 3.05) is 24.3 Å². The van der Waals surface area contributed by atoms with Crippen LogP contribution in [0.2, 0.25) is 0 Å². The first-order valence-corrected chi connectivity index (χ1v) is 9.50. The first kappa shape index (κ1) is 19.6. The minimum atomic E-state index is -0.902. The smallest absolute Gasteiger partial charge is 0.290 e. The van der Waals surface area contributed by atoms with Gasteiger partial charge in [-0.25, -0.2) is 4.68 Å². The Bertz CT molecular complexity index is 1180. The maximum Gasteiger partial charge on any atom is 0.290 e. The normalized spacial score (nSPS) is 13.7. The second-order valence-corrected chi connectivity index (χ2v) is 7.09. The largest absolute Gasteiger partial charge is 0.486 e. The summed E-state index contributed by atoms with van der Waals surface area (Å²) in [7, 11) is 0.